The van der Waals surface area contributed by atoms with Crippen LogP contribution >= 0.6 is 15.9 Å². The lowest BCUT2D eigenvalue weighted by molar-refractivity contribution is -0.148. The van der Waals surface area contributed by atoms with E-state index in [4.69, 9.17) is 14.2 Å². The number of amides is 2. The topological polar surface area (TPSA) is 85.9 Å². The normalized spacial score (nSPS) is 21.9. The summed E-state index contributed by atoms with van der Waals surface area (Å²) in [5, 5.41) is 5.31. The van der Waals surface area contributed by atoms with Crippen LogP contribution in [-0.4, -0.2) is 25.4 Å². The number of ether oxygens (including phenoxy) is 3. The largest absolute Gasteiger partial charge is 0.465 e. The number of fused-ring (bicyclic) bond motifs is 1. The van der Waals surface area contributed by atoms with E-state index in [-0.39, 0.29) is 6.79 Å². The smallest absolute Gasteiger partial charge is 0.319 e. The predicted molar refractivity (Wildman–Crippen MR) is 88.6 cm³/mol. The second-order valence-corrected chi connectivity index (χ2v) is 6.33. The van der Waals surface area contributed by atoms with E-state index in [1.165, 1.54) is 0 Å². The summed E-state index contributed by atoms with van der Waals surface area (Å²) in [5.41, 5.74) is 0.989. The third kappa shape index (κ3) is 3.06. The second-order valence-electron chi connectivity index (χ2n) is 5.47. The number of nitrogens with one attached hydrogen (secondary N) is 2. The monoisotopic (exact) mass is 396 g/mol. The van der Waals surface area contributed by atoms with Gasteiger partial charge in [0.2, 0.25) is 6.79 Å². The lowest BCUT2D eigenvalue weighted by Gasteiger charge is -2.33. The molecule has 2 aliphatic rings. The Hall–Kier alpha value is -2.22. The van der Waals surface area contributed by atoms with Gasteiger partial charge >= 0.3 is 12.0 Å². The van der Waals surface area contributed by atoms with Gasteiger partial charge in [0.1, 0.15) is 5.92 Å². The van der Waals surface area contributed by atoms with Gasteiger partial charge in [-0.25, -0.2) is 4.79 Å². The number of urea groups is 1. The number of hydrogen-bond donors (Lipinski definition) is 2. The van der Waals surface area contributed by atoms with Gasteiger partial charge in [-0.05, 0) is 24.1 Å². The minimum absolute atomic E-state index is 0.137. The van der Waals surface area contributed by atoms with Crippen LogP contribution < -0.4 is 20.1 Å². The molecule has 2 amide bonds. The zero-order valence-corrected chi connectivity index (χ0v) is 14.6. The van der Waals surface area contributed by atoms with Crippen LogP contribution in [0, 0.1) is 5.92 Å². The molecule has 7 nitrogen and oxygen atoms in total. The van der Waals surface area contributed by atoms with Crippen LogP contribution in [0.5, 0.6) is 11.5 Å². The number of esters is 1. The quantitative estimate of drug-likeness (QED) is 0.763. The molecule has 1 aromatic carbocycles. The van der Waals surface area contributed by atoms with Gasteiger partial charge in [-0.1, -0.05) is 29.4 Å². The maximum absolute atomic E-state index is 12.5. The third-order valence-electron chi connectivity index (χ3n) is 3.80. The highest BCUT2D eigenvalue weighted by Gasteiger charge is 2.40. The molecule has 2 aliphatic heterocycles. The Morgan fingerprint density at radius 1 is 1.42 bits per heavy atom. The molecule has 1 saturated heterocycles. The summed E-state index contributed by atoms with van der Waals surface area (Å²) in [5.74, 6) is -0.0167. The average Bonchev–Trinajstić information content (AvgIpc) is 2.98. The van der Waals surface area contributed by atoms with Crippen molar-refractivity contribution in [3.8, 4) is 11.5 Å². The summed E-state index contributed by atoms with van der Waals surface area (Å²) >= 11 is 3.47. The van der Waals surface area contributed by atoms with Crippen LogP contribution in [-0.2, 0) is 9.53 Å². The maximum Gasteiger partial charge on any atom is 0.319 e. The van der Waals surface area contributed by atoms with Crippen LogP contribution in [0.2, 0.25) is 0 Å². The van der Waals surface area contributed by atoms with Crippen molar-refractivity contribution in [1.29, 1.82) is 0 Å². The summed E-state index contributed by atoms with van der Waals surface area (Å²) in [4.78, 5) is 24.3. The minimum atomic E-state index is -0.745. The Morgan fingerprint density at radius 3 is 2.83 bits per heavy atom. The summed E-state index contributed by atoms with van der Waals surface area (Å²) in [6.45, 7) is 6.17. The van der Waals surface area contributed by atoms with Crippen LogP contribution in [0.25, 0.3) is 0 Å². The Bertz CT molecular complexity index is 706. The van der Waals surface area contributed by atoms with Crippen LogP contribution in [0.4, 0.5) is 4.79 Å². The SMILES string of the molecule is C=C1NC(=O)N[C@H](c2cc3c(cc2Br)OCO3)[C@@H]1C(=O)OCCC. The predicted octanol–water partition coefficient (Wildman–Crippen LogP) is 2.61. The van der Waals surface area contributed by atoms with Crippen molar-refractivity contribution in [3.05, 3.63) is 34.4 Å². The molecule has 2 heterocycles. The van der Waals surface area contributed by atoms with Crippen molar-refractivity contribution in [2.24, 2.45) is 5.92 Å². The molecule has 0 aliphatic carbocycles. The van der Waals surface area contributed by atoms with E-state index in [1.807, 2.05) is 6.92 Å². The van der Waals surface area contributed by atoms with E-state index in [1.54, 1.807) is 12.1 Å². The molecule has 3 rings (SSSR count). The molecule has 2 atom stereocenters. The van der Waals surface area contributed by atoms with E-state index in [9.17, 15) is 9.59 Å². The van der Waals surface area contributed by atoms with Crippen LogP contribution in [0.1, 0.15) is 24.9 Å². The van der Waals surface area contributed by atoms with Crippen molar-refractivity contribution in [1.82, 2.24) is 10.6 Å². The molecule has 0 aromatic heterocycles. The Labute approximate surface area is 147 Å². The molecule has 128 valence electrons. The molecule has 0 radical (unpaired) electrons. The van der Waals surface area contributed by atoms with Gasteiger partial charge in [0, 0.05) is 10.2 Å². The fraction of sp³-hybridized carbons (Fsp3) is 0.375. The van der Waals surface area contributed by atoms with Crippen molar-refractivity contribution in [2.75, 3.05) is 13.4 Å². The van der Waals surface area contributed by atoms with Gasteiger partial charge in [-0.2, -0.15) is 0 Å². The Kier molecular flexibility index (Phi) is 4.66. The molecule has 0 spiro atoms. The number of rotatable bonds is 4. The summed E-state index contributed by atoms with van der Waals surface area (Å²) in [7, 11) is 0. The van der Waals surface area contributed by atoms with Crippen LogP contribution in [0.15, 0.2) is 28.9 Å². The molecule has 1 fully saturated rings. The molecule has 24 heavy (non-hydrogen) atoms. The highest BCUT2D eigenvalue weighted by atomic mass is 79.9. The number of hydrogen-bond acceptors (Lipinski definition) is 5. The minimum Gasteiger partial charge on any atom is -0.465 e. The van der Waals surface area contributed by atoms with Crippen molar-refractivity contribution >= 4 is 27.9 Å². The number of halogens is 1. The molecular formula is C16H17BrN2O5. The molecule has 2 N–H and O–H groups in total. The first kappa shape index (κ1) is 16.6. The summed E-state index contributed by atoms with van der Waals surface area (Å²) < 4.78 is 16.7. The zero-order chi connectivity index (χ0) is 17.3. The first-order valence-electron chi connectivity index (χ1n) is 7.53. The molecule has 0 bridgehead atoms. The first-order valence-corrected chi connectivity index (χ1v) is 8.32. The first-order chi connectivity index (χ1) is 11.5. The highest BCUT2D eigenvalue weighted by Crippen LogP contribution is 2.42. The van der Waals surface area contributed by atoms with Crippen molar-refractivity contribution in [2.45, 2.75) is 19.4 Å². The lowest BCUT2D eigenvalue weighted by atomic mass is 9.89. The van der Waals surface area contributed by atoms with E-state index < -0.39 is 24.0 Å². The van der Waals surface area contributed by atoms with Gasteiger partial charge in [-0.15, -0.1) is 0 Å². The summed E-state index contributed by atoms with van der Waals surface area (Å²) in [6.07, 6.45) is 0.711. The zero-order valence-electron chi connectivity index (χ0n) is 13.1. The molecule has 8 heteroatoms. The van der Waals surface area contributed by atoms with Crippen LogP contribution in [0.3, 0.4) is 0 Å². The molecule has 0 saturated carbocycles. The third-order valence-corrected chi connectivity index (χ3v) is 4.49. The number of carbonyl (C=O) groups is 2. The van der Waals surface area contributed by atoms with E-state index in [0.29, 0.717) is 40.3 Å². The lowest BCUT2D eigenvalue weighted by Crippen LogP contribution is -2.51. The van der Waals surface area contributed by atoms with Gasteiger partial charge in [-0.3, -0.25) is 4.79 Å². The molecular weight excluding hydrogens is 380 g/mol. The highest BCUT2D eigenvalue weighted by molar-refractivity contribution is 9.10. The van der Waals surface area contributed by atoms with Crippen molar-refractivity contribution in [3.63, 3.8) is 0 Å². The van der Waals surface area contributed by atoms with E-state index in [0.717, 1.165) is 0 Å². The number of benzene rings is 1. The van der Waals surface area contributed by atoms with Gasteiger partial charge in [0.05, 0.1) is 12.6 Å². The average molecular weight is 397 g/mol. The molecule has 1 aromatic rings. The Balaban J connectivity index is 1.97. The van der Waals surface area contributed by atoms with Gasteiger partial charge in [0.25, 0.3) is 0 Å². The van der Waals surface area contributed by atoms with E-state index in [2.05, 4.69) is 33.1 Å². The maximum atomic E-state index is 12.5. The van der Waals surface area contributed by atoms with Crippen molar-refractivity contribution < 1.29 is 23.8 Å². The summed E-state index contributed by atoms with van der Waals surface area (Å²) in [6, 6.07) is 2.45. The van der Waals surface area contributed by atoms with Gasteiger partial charge in [0.15, 0.2) is 11.5 Å². The number of carbonyl (C=O) groups excluding carboxylic acids is 2. The van der Waals surface area contributed by atoms with E-state index >= 15 is 0 Å². The van der Waals surface area contributed by atoms with Gasteiger partial charge < -0.3 is 24.8 Å². The standard InChI is InChI=1S/C16H17BrN2O5/c1-3-4-22-15(20)13-8(2)18-16(21)19-14(13)9-5-11-12(6-10(9)17)24-7-23-11/h5-6,13-14H,2-4,7H2,1H3,(H2,18,19,21)/t13-,14-/m1/s1. The Morgan fingerprint density at radius 2 is 2.12 bits per heavy atom. The fourth-order valence-electron chi connectivity index (χ4n) is 2.68. The fourth-order valence-corrected chi connectivity index (χ4v) is 3.25. The molecule has 0 unspecified atom stereocenters. The second kappa shape index (κ2) is 6.72.